The van der Waals surface area contributed by atoms with Crippen molar-refractivity contribution < 1.29 is 4.92 Å². The summed E-state index contributed by atoms with van der Waals surface area (Å²) in [5, 5.41) is 14.9. The van der Waals surface area contributed by atoms with Crippen LogP contribution in [0.3, 0.4) is 0 Å². The molecule has 1 saturated carbocycles. The van der Waals surface area contributed by atoms with Crippen molar-refractivity contribution in [3.63, 3.8) is 0 Å². The summed E-state index contributed by atoms with van der Waals surface area (Å²) in [6, 6.07) is 4.89. The normalized spacial score (nSPS) is 22.9. The van der Waals surface area contributed by atoms with Gasteiger partial charge < -0.3 is 5.32 Å². The Balaban J connectivity index is 2.23. The maximum Gasteiger partial charge on any atom is 0.271 e. The van der Waals surface area contributed by atoms with E-state index in [-0.39, 0.29) is 16.0 Å². The van der Waals surface area contributed by atoms with Gasteiger partial charge in [-0.1, -0.05) is 45.2 Å². The summed E-state index contributed by atoms with van der Waals surface area (Å²) in [5.74, 6) is 0.543. The van der Waals surface area contributed by atoms with Gasteiger partial charge in [-0.15, -0.1) is 0 Å². The fraction of sp³-hybridized carbons (Fsp3) is 0.625. The lowest BCUT2D eigenvalue weighted by Crippen LogP contribution is -2.39. The van der Waals surface area contributed by atoms with Gasteiger partial charge >= 0.3 is 0 Å². The summed E-state index contributed by atoms with van der Waals surface area (Å²) >= 11 is 6.20. The Labute approximate surface area is 131 Å². The number of hydrogen-bond acceptors (Lipinski definition) is 3. The fourth-order valence-corrected chi connectivity index (χ4v) is 3.45. The third-order valence-electron chi connectivity index (χ3n) is 4.38. The molecule has 21 heavy (non-hydrogen) atoms. The monoisotopic (exact) mass is 310 g/mol. The summed E-state index contributed by atoms with van der Waals surface area (Å²) in [5.41, 5.74) is 0.961. The van der Waals surface area contributed by atoms with Crippen LogP contribution in [0.25, 0.3) is 0 Å². The van der Waals surface area contributed by atoms with E-state index in [4.69, 9.17) is 11.6 Å². The molecule has 2 atom stereocenters. The zero-order valence-electron chi connectivity index (χ0n) is 12.9. The minimum absolute atomic E-state index is 0.0741. The van der Waals surface area contributed by atoms with Gasteiger partial charge in [0.1, 0.15) is 0 Å². The van der Waals surface area contributed by atoms with Gasteiger partial charge in [-0.25, -0.2) is 0 Å². The molecule has 0 heterocycles. The van der Waals surface area contributed by atoms with E-state index in [0.29, 0.717) is 22.7 Å². The molecule has 116 valence electrons. The smallest absolute Gasteiger partial charge is 0.271 e. The summed E-state index contributed by atoms with van der Waals surface area (Å²) in [6.07, 6.45) is 4.72. The predicted molar refractivity (Wildman–Crippen MR) is 86.9 cm³/mol. The molecule has 1 aliphatic rings. The molecule has 0 aliphatic heterocycles. The third kappa shape index (κ3) is 3.88. The van der Waals surface area contributed by atoms with Crippen LogP contribution in [0.2, 0.25) is 5.02 Å². The Morgan fingerprint density at radius 1 is 1.29 bits per heavy atom. The zero-order valence-corrected chi connectivity index (χ0v) is 13.6. The maximum absolute atomic E-state index is 10.9. The van der Waals surface area contributed by atoms with Crippen LogP contribution < -0.4 is 5.32 Å². The lowest BCUT2D eigenvalue weighted by Gasteiger charge is -2.41. The standard InChI is InChI=1S/C16H23ClN2O2/c1-16(2,3)12-6-4-5-7-14(12)18-15-10-11(19(20)21)8-9-13(15)17/h8-10,12,14,18H,4-7H2,1-3H3. The average Bonchev–Trinajstić information content (AvgIpc) is 2.40. The second-order valence-corrected chi connectivity index (χ2v) is 7.34. The third-order valence-corrected chi connectivity index (χ3v) is 4.71. The number of nitro benzene ring substituents is 1. The molecule has 0 aromatic heterocycles. The van der Waals surface area contributed by atoms with Gasteiger partial charge in [-0.05, 0) is 30.2 Å². The Hall–Kier alpha value is -1.29. The number of rotatable bonds is 3. The molecule has 1 aromatic carbocycles. The SMILES string of the molecule is CC(C)(C)C1CCCCC1Nc1cc([N+](=O)[O-])ccc1Cl. The van der Waals surface area contributed by atoms with Crippen molar-refractivity contribution >= 4 is 23.0 Å². The molecule has 2 rings (SSSR count). The van der Waals surface area contributed by atoms with Crippen molar-refractivity contribution in [1.82, 2.24) is 0 Å². The van der Waals surface area contributed by atoms with E-state index in [1.807, 2.05) is 0 Å². The minimum atomic E-state index is -0.385. The van der Waals surface area contributed by atoms with E-state index < -0.39 is 0 Å². The molecule has 2 unspecified atom stereocenters. The van der Waals surface area contributed by atoms with E-state index in [1.54, 1.807) is 6.07 Å². The van der Waals surface area contributed by atoms with Crippen LogP contribution in [0.5, 0.6) is 0 Å². The van der Waals surface area contributed by atoms with Crippen LogP contribution in [0.4, 0.5) is 11.4 Å². The molecule has 0 saturated heterocycles. The van der Waals surface area contributed by atoms with Crippen molar-refractivity contribution in [1.29, 1.82) is 0 Å². The second kappa shape index (κ2) is 6.22. The number of halogens is 1. The Kier molecular flexibility index (Phi) is 4.77. The van der Waals surface area contributed by atoms with Crippen molar-refractivity contribution in [3.8, 4) is 0 Å². The Morgan fingerprint density at radius 2 is 1.95 bits per heavy atom. The van der Waals surface area contributed by atoms with Crippen LogP contribution in [-0.2, 0) is 0 Å². The van der Waals surface area contributed by atoms with Gasteiger partial charge in [0.15, 0.2) is 0 Å². The van der Waals surface area contributed by atoms with Crippen LogP contribution in [0.1, 0.15) is 46.5 Å². The number of hydrogen-bond donors (Lipinski definition) is 1. The molecular weight excluding hydrogens is 288 g/mol. The molecule has 5 heteroatoms. The van der Waals surface area contributed by atoms with Crippen molar-refractivity contribution in [2.24, 2.45) is 11.3 Å². The van der Waals surface area contributed by atoms with Crippen LogP contribution in [0, 0.1) is 21.4 Å². The zero-order chi connectivity index (χ0) is 15.6. The van der Waals surface area contributed by atoms with Gasteiger partial charge in [-0.3, -0.25) is 10.1 Å². The van der Waals surface area contributed by atoms with Gasteiger partial charge in [-0.2, -0.15) is 0 Å². The molecule has 0 bridgehead atoms. The first kappa shape index (κ1) is 16.1. The molecule has 1 fully saturated rings. The first-order valence-electron chi connectivity index (χ1n) is 7.49. The predicted octanol–water partition coefficient (Wildman–Crippen LogP) is 5.27. The average molecular weight is 311 g/mol. The van der Waals surface area contributed by atoms with Crippen molar-refractivity contribution in [2.45, 2.75) is 52.5 Å². The molecule has 1 aliphatic carbocycles. The topological polar surface area (TPSA) is 55.2 Å². The highest BCUT2D eigenvalue weighted by atomic mass is 35.5. The fourth-order valence-electron chi connectivity index (χ4n) is 3.28. The van der Waals surface area contributed by atoms with Gasteiger partial charge in [0, 0.05) is 18.2 Å². The summed E-state index contributed by atoms with van der Waals surface area (Å²) in [7, 11) is 0. The van der Waals surface area contributed by atoms with E-state index in [0.717, 1.165) is 6.42 Å². The van der Waals surface area contributed by atoms with E-state index in [9.17, 15) is 10.1 Å². The first-order chi connectivity index (χ1) is 9.79. The molecule has 1 aromatic rings. The lowest BCUT2D eigenvalue weighted by molar-refractivity contribution is -0.384. The van der Waals surface area contributed by atoms with Crippen LogP contribution in [-0.4, -0.2) is 11.0 Å². The van der Waals surface area contributed by atoms with Gasteiger partial charge in [0.2, 0.25) is 0 Å². The molecule has 0 amide bonds. The maximum atomic E-state index is 10.9. The summed E-state index contributed by atoms with van der Waals surface area (Å²) < 4.78 is 0. The molecule has 0 spiro atoms. The Morgan fingerprint density at radius 3 is 2.57 bits per heavy atom. The molecule has 4 nitrogen and oxygen atoms in total. The van der Waals surface area contributed by atoms with Gasteiger partial charge in [0.25, 0.3) is 5.69 Å². The molecule has 0 radical (unpaired) electrons. The quantitative estimate of drug-likeness (QED) is 0.611. The second-order valence-electron chi connectivity index (χ2n) is 6.93. The van der Waals surface area contributed by atoms with Crippen LogP contribution >= 0.6 is 11.6 Å². The number of non-ortho nitro benzene ring substituents is 1. The van der Waals surface area contributed by atoms with Crippen LogP contribution in [0.15, 0.2) is 18.2 Å². The number of nitrogens with zero attached hydrogens (tertiary/aromatic N) is 1. The lowest BCUT2D eigenvalue weighted by atomic mass is 9.69. The van der Waals surface area contributed by atoms with Gasteiger partial charge in [0.05, 0.1) is 15.6 Å². The Bertz CT molecular complexity index is 525. The minimum Gasteiger partial charge on any atom is -0.381 e. The summed E-state index contributed by atoms with van der Waals surface area (Å²) in [4.78, 5) is 10.5. The summed E-state index contributed by atoms with van der Waals surface area (Å²) in [6.45, 7) is 6.77. The first-order valence-corrected chi connectivity index (χ1v) is 7.87. The highest BCUT2D eigenvalue weighted by Gasteiger charge is 2.34. The highest BCUT2D eigenvalue weighted by molar-refractivity contribution is 6.33. The largest absolute Gasteiger partial charge is 0.381 e. The van der Waals surface area contributed by atoms with E-state index in [2.05, 4.69) is 26.1 Å². The highest BCUT2D eigenvalue weighted by Crippen LogP contribution is 2.40. The van der Waals surface area contributed by atoms with E-state index in [1.165, 1.54) is 31.4 Å². The molecule has 1 N–H and O–H groups in total. The number of nitro groups is 1. The number of anilines is 1. The van der Waals surface area contributed by atoms with Crippen molar-refractivity contribution in [2.75, 3.05) is 5.32 Å². The van der Waals surface area contributed by atoms with E-state index >= 15 is 0 Å². The number of benzene rings is 1. The molecular formula is C16H23ClN2O2. The van der Waals surface area contributed by atoms with Crippen molar-refractivity contribution in [3.05, 3.63) is 33.3 Å². The number of nitrogens with one attached hydrogen (secondary N) is 1.